The number of hydrogen-bond acceptors (Lipinski definition) is 4. The Morgan fingerprint density at radius 2 is 1.86 bits per heavy atom. The lowest BCUT2D eigenvalue weighted by Crippen LogP contribution is -2.35. The van der Waals surface area contributed by atoms with Crippen LogP contribution in [-0.4, -0.2) is 35.3 Å². The van der Waals surface area contributed by atoms with Crippen LogP contribution in [0.1, 0.15) is 28.9 Å². The van der Waals surface area contributed by atoms with Gasteiger partial charge in [0.25, 0.3) is 0 Å². The van der Waals surface area contributed by atoms with Gasteiger partial charge in [0, 0.05) is 29.8 Å². The molecule has 0 aliphatic heterocycles. The van der Waals surface area contributed by atoms with Gasteiger partial charge in [0.2, 0.25) is 0 Å². The summed E-state index contributed by atoms with van der Waals surface area (Å²) in [6.07, 6.45) is -0.628. The van der Waals surface area contributed by atoms with Crippen LogP contribution in [0.25, 0.3) is 10.8 Å². The molecule has 0 radical (unpaired) electrons. The highest BCUT2D eigenvalue weighted by Gasteiger charge is 2.11. The second-order valence-corrected chi connectivity index (χ2v) is 7.24. The highest BCUT2D eigenvalue weighted by molar-refractivity contribution is 6.30. The predicted octanol–water partition coefficient (Wildman–Crippen LogP) is 4.32. The smallest absolute Gasteiger partial charge is 0.336 e. The third-order valence-corrected chi connectivity index (χ3v) is 4.85. The minimum atomic E-state index is -0.928. The first-order valence-electron chi connectivity index (χ1n) is 9.11. The molecule has 6 heteroatoms. The number of nitrogens with one attached hydrogen (secondary N) is 2. The van der Waals surface area contributed by atoms with E-state index in [1.807, 2.05) is 43.3 Å². The zero-order valence-corrected chi connectivity index (χ0v) is 16.3. The number of halogens is 1. The summed E-state index contributed by atoms with van der Waals surface area (Å²) in [5, 5.41) is 28.4. The van der Waals surface area contributed by atoms with Crippen LogP contribution in [0.5, 0.6) is 0 Å². The number of aromatic carboxylic acids is 1. The Kier molecular flexibility index (Phi) is 6.52. The topological polar surface area (TPSA) is 81.6 Å². The third kappa shape index (κ3) is 5.01. The van der Waals surface area contributed by atoms with Crippen LogP contribution >= 0.6 is 11.6 Å². The molecule has 3 aromatic carbocycles. The molecule has 0 unspecified atom stereocenters. The molecule has 4 N–H and O–H groups in total. The van der Waals surface area contributed by atoms with Gasteiger partial charge in [0.15, 0.2) is 0 Å². The van der Waals surface area contributed by atoms with Crippen LogP contribution in [0.3, 0.4) is 0 Å². The van der Waals surface area contributed by atoms with Crippen molar-refractivity contribution >= 4 is 34.0 Å². The van der Waals surface area contributed by atoms with Gasteiger partial charge < -0.3 is 20.8 Å². The van der Waals surface area contributed by atoms with Crippen LogP contribution in [-0.2, 0) is 0 Å². The van der Waals surface area contributed by atoms with Crippen LogP contribution in [0.2, 0.25) is 5.02 Å². The zero-order chi connectivity index (χ0) is 20.1. The first kappa shape index (κ1) is 20.1. The average molecular weight is 399 g/mol. The van der Waals surface area contributed by atoms with Gasteiger partial charge in [-0.05, 0) is 53.6 Å². The monoisotopic (exact) mass is 398 g/mol. The Bertz CT molecular complexity index is 977. The van der Waals surface area contributed by atoms with E-state index >= 15 is 0 Å². The molecule has 0 spiro atoms. The summed E-state index contributed by atoms with van der Waals surface area (Å²) in [7, 11) is 0. The fraction of sp³-hybridized carbons (Fsp3) is 0.227. The molecular weight excluding hydrogens is 376 g/mol. The molecule has 0 bridgehead atoms. The van der Waals surface area contributed by atoms with E-state index in [4.69, 9.17) is 11.6 Å². The molecule has 0 amide bonds. The highest BCUT2D eigenvalue weighted by Crippen LogP contribution is 2.23. The highest BCUT2D eigenvalue weighted by atomic mass is 35.5. The Morgan fingerprint density at radius 1 is 1.07 bits per heavy atom. The Balaban J connectivity index is 1.55. The Labute approximate surface area is 169 Å². The number of aliphatic hydroxyl groups is 1. The molecule has 5 nitrogen and oxygen atoms in total. The van der Waals surface area contributed by atoms with E-state index in [-0.39, 0.29) is 6.04 Å². The fourth-order valence-electron chi connectivity index (χ4n) is 3.07. The summed E-state index contributed by atoms with van der Waals surface area (Å²) in [6, 6.07) is 18.2. The van der Waals surface area contributed by atoms with Gasteiger partial charge in [-0.1, -0.05) is 41.9 Å². The van der Waals surface area contributed by atoms with Crippen molar-refractivity contribution in [2.24, 2.45) is 0 Å². The molecule has 0 fully saturated rings. The molecule has 3 rings (SSSR count). The van der Waals surface area contributed by atoms with Gasteiger partial charge in [0.05, 0.1) is 11.7 Å². The zero-order valence-electron chi connectivity index (χ0n) is 15.5. The van der Waals surface area contributed by atoms with E-state index in [1.54, 1.807) is 24.3 Å². The van der Waals surface area contributed by atoms with Gasteiger partial charge >= 0.3 is 5.97 Å². The number of carbonyl (C=O) groups is 1. The summed E-state index contributed by atoms with van der Waals surface area (Å²) in [6.45, 7) is 3.11. The van der Waals surface area contributed by atoms with Crippen molar-refractivity contribution in [3.63, 3.8) is 0 Å². The fourth-order valence-corrected chi connectivity index (χ4v) is 3.27. The number of rotatable bonds is 8. The van der Waals surface area contributed by atoms with Crippen LogP contribution < -0.4 is 10.6 Å². The molecule has 0 saturated heterocycles. The van der Waals surface area contributed by atoms with Crippen molar-refractivity contribution < 1.29 is 15.0 Å². The maximum atomic E-state index is 11.3. The number of aliphatic hydroxyl groups excluding tert-OH is 1. The number of carboxylic acid groups (broad SMARTS) is 1. The number of anilines is 1. The second kappa shape index (κ2) is 9.06. The van der Waals surface area contributed by atoms with E-state index in [9.17, 15) is 15.0 Å². The lowest BCUT2D eigenvalue weighted by Gasteiger charge is -2.19. The summed E-state index contributed by atoms with van der Waals surface area (Å²) >= 11 is 5.96. The molecule has 0 aliphatic rings. The normalized spacial score (nSPS) is 13.2. The summed E-state index contributed by atoms with van der Waals surface area (Å²) < 4.78 is 0. The molecule has 0 saturated carbocycles. The predicted molar refractivity (Wildman–Crippen MR) is 113 cm³/mol. The van der Waals surface area contributed by atoms with Crippen molar-refractivity contribution in [1.29, 1.82) is 0 Å². The van der Waals surface area contributed by atoms with E-state index in [2.05, 4.69) is 10.6 Å². The Hall–Kier alpha value is -2.60. The first-order chi connectivity index (χ1) is 13.4. The molecule has 2 atom stereocenters. The van der Waals surface area contributed by atoms with Crippen molar-refractivity contribution in [1.82, 2.24) is 5.32 Å². The van der Waals surface area contributed by atoms with E-state index in [0.717, 1.165) is 22.0 Å². The quantitative estimate of drug-likeness (QED) is 0.454. The van der Waals surface area contributed by atoms with E-state index in [0.29, 0.717) is 23.7 Å². The van der Waals surface area contributed by atoms with Gasteiger partial charge in [-0.2, -0.15) is 0 Å². The van der Waals surface area contributed by atoms with Crippen molar-refractivity contribution in [2.75, 3.05) is 18.4 Å². The lowest BCUT2D eigenvalue weighted by molar-refractivity contribution is 0.0699. The van der Waals surface area contributed by atoms with Gasteiger partial charge in [-0.25, -0.2) is 4.79 Å². The summed E-state index contributed by atoms with van der Waals surface area (Å²) in [4.78, 5) is 11.3. The molecular formula is C22H23ClN2O3. The van der Waals surface area contributed by atoms with E-state index < -0.39 is 12.1 Å². The summed E-state index contributed by atoms with van der Waals surface area (Å²) in [5.74, 6) is -0.928. The Morgan fingerprint density at radius 3 is 2.61 bits per heavy atom. The standard InChI is InChI=1S/C22H23ClN2O3/c1-14(24-13-21(26)16-5-2-6-17(23)10-16)12-25-18-8-9-19-15(11-18)4-3-7-20(19)22(27)28/h2-11,14,21,24-26H,12-13H2,1H3,(H,27,28)/t14-,21+/m1/s1. The van der Waals surface area contributed by atoms with Gasteiger partial charge in [-0.3, -0.25) is 0 Å². The van der Waals surface area contributed by atoms with Crippen molar-refractivity contribution in [2.45, 2.75) is 19.1 Å². The maximum absolute atomic E-state index is 11.3. The number of benzene rings is 3. The lowest BCUT2D eigenvalue weighted by atomic mass is 10.0. The van der Waals surface area contributed by atoms with Crippen molar-refractivity contribution in [3.8, 4) is 0 Å². The molecule has 0 aliphatic carbocycles. The number of carboxylic acids is 1. The largest absolute Gasteiger partial charge is 0.478 e. The van der Waals surface area contributed by atoms with Crippen molar-refractivity contribution in [3.05, 3.63) is 76.8 Å². The molecule has 146 valence electrons. The maximum Gasteiger partial charge on any atom is 0.336 e. The van der Waals surface area contributed by atoms with Gasteiger partial charge in [-0.15, -0.1) is 0 Å². The molecule has 28 heavy (non-hydrogen) atoms. The van der Waals surface area contributed by atoms with Crippen LogP contribution in [0.15, 0.2) is 60.7 Å². The molecule has 3 aromatic rings. The molecule has 0 aromatic heterocycles. The van der Waals surface area contributed by atoms with Crippen LogP contribution in [0, 0.1) is 0 Å². The van der Waals surface area contributed by atoms with E-state index in [1.165, 1.54) is 0 Å². The summed E-state index contributed by atoms with van der Waals surface area (Å²) in [5.41, 5.74) is 2.00. The number of hydrogen-bond donors (Lipinski definition) is 4. The number of fused-ring (bicyclic) bond motifs is 1. The molecule has 0 heterocycles. The van der Waals surface area contributed by atoms with Gasteiger partial charge in [0.1, 0.15) is 0 Å². The first-order valence-corrected chi connectivity index (χ1v) is 9.48. The minimum absolute atomic E-state index is 0.120. The second-order valence-electron chi connectivity index (χ2n) is 6.81. The van der Waals surface area contributed by atoms with Crippen LogP contribution in [0.4, 0.5) is 5.69 Å². The minimum Gasteiger partial charge on any atom is -0.478 e. The average Bonchev–Trinajstić information content (AvgIpc) is 2.69. The third-order valence-electron chi connectivity index (χ3n) is 4.62. The SMILES string of the molecule is C[C@H](CNc1ccc2c(C(=O)O)cccc2c1)NC[C@H](O)c1cccc(Cl)c1.